The van der Waals surface area contributed by atoms with Crippen LogP contribution in [0.2, 0.25) is 5.02 Å². The van der Waals surface area contributed by atoms with Crippen LogP contribution in [0, 0.1) is 0 Å². The van der Waals surface area contributed by atoms with Crippen molar-refractivity contribution < 1.29 is 4.79 Å². The van der Waals surface area contributed by atoms with Crippen LogP contribution in [0.25, 0.3) is 0 Å². The minimum absolute atomic E-state index is 0. The number of nitrogens with zero attached hydrogens (tertiary/aromatic N) is 2. The fourth-order valence-electron chi connectivity index (χ4n) is 3.54. The van der Waals surface area contributed by atoms with Gasteiger partial charge in [0, 0.05) is 48.5 Å². The van der Waals surface area contributed by atoms with Crippen LogP contribution in [0.15, 0.2) is 53.5 Å². The van der Waals surface area contributed by atoms with Crippen LogP contribution in [-0.2, 0) is 6.54 Å². The van der Waals surface area contributed by atoms with Crippen LogP contribution in [0.3, 0.4) is 0 Å². The third-order valence-corrected chi connectivity index (χ3v) is 5.23. The first-order chi connectivity index (χ1) is 14.6. The number of carbonyl (C=O) groups excluding carboxylic acids is 1. The molecule has 3 rings (SSSR count). The number of benzene rings is 2. The Labute approximate surface area is 206 Å². The van der Waals surface area contributed by atoms with Gasteiger partial charge in [-0.05, 0) is 56.2 Å². The summed E-state index contributed by atoms with van der Waals surface area (Å²) in [6.45, 7) is 7.76. The summed E-state index contributed by atoms with van der Waals surface area (Å²) in [7, 11) is 0. The maximum Gasteiger partial charge on any atom is 0.251 e. The Kier molecular flexibility index (Phi) is 10.4. The molecule has 0 saturated carbocycles. The zero-order chi connectivity index (χ0) is 21.3. The number of rotatable bonds is 7. The normalized spacial score (nSPS) is 15.9. The van der Waals surface area contributed by atoms with Crippen molar-refractivity contribution in [3.63, 3.8) is 0 Å². The van der Waals surface area contributed by atoms with E-state index in [2.05, 4.69) is 33.8 Å². The number of guanidine groups is 1. The van der Waals surface area contributed by atoms with Crippen LogP contribution in [0.1, 0.15) is 36.2 Å². The summed E-state index contributed by atoms with van der Waals surface area (Å²) < 4.78 is 0. The summed E-state index contributed by atoms with van der Waals surface area (Å²) in [5, 5.41) is 10.5. The van der Waals surface area contributed by atoms with E-state index in [0.717, 1.165) is 48.3 Å². The second kappa shape index (κ2) is 12.8. The number of halogens is 2. The van der Waals surface area contributed by atoms with E-state index in [-0.39, 0.29) is 29.9 Å². The number of anilines is 1. The SMILES string of the molecule is CCNC(=O)c1cccc(CN=C(NCC)NC2CCN(c3cccc(Cl)c3)C2)c1.I. The summed E-state index contributed by atoms with van der Waals surface area (Å²) in [4.78, 5) is 19.1. The van der Waals surface area contributed by atoms with E-state index in [9.17, 15) is 4.79 Å². The summed E-state index contributed by atoms with van der Waals surface area (Å²) in [5.74, 6) is 0.735. The summed E-state index contributed by atoms with van der Waals surface area (Å²) in [6.07, 6.45) is 1.03. The Morgan fingerprint density at radius 3 is 2.65 bits per heavy atom. The highest BCUT2D eigenvalue weighted by Crippen LogP contribution is 2.23. The predicted octanol–water partition coefficient (Wildman–Crippen LogP) is 4.04. The molecule has 1 aliphatic rings. The topological polar surface area (TPSA) is 68.8 Å². The van der Waals surface area contributed by atoms with Gasteiger partial charge in [0.1, 0.15) is 0 Å². The Balaban J connectivity index is 0.00000341. The monoisotopic (exact) mass is 555 g/mol. The Morgan fingerprint density at radius 2 is 1.90 bits per heavy atom. The standard InChI is InChI=1S/C23H30ClN5O.HI/c1-3-25-22(30)18-8-5-7-17(13-18)15-27-23(26-4-2)28-20-11-12-29(16-20)21-10-6-9-19(24)14-21;/h5-10,13-14,20H,3-4,11-12,15-16H2,1-2H3,(H,25,30)(H2,26,27,28);1H. The average Bonchev–Trinajstić information content (AvgIpc) is 3.21. The lowest BCUT2D eigenvalue weighted by Gasteiger charge is -2.20. The lowest BCUT2D eigenvalue weighted by molar-refractivity contribution is 0.0955. The van der Waals surface area contributed by atoms with Crippen LogP contribution in [0.5, 0.6) is 0 Å². The fraction of sp³-hybridized carbons (Fsp3) is 0.391. The van der Waals surface area contributed by atoms with Gasteiger partial charge in [-0.3, -0.25) is 4.79 Å². The maximum absolute atomic E-state index is 12.1. The Hall–Kier alpha value is -2.00. The van der Waals surface area contributed by atoms with Crippen molar-refractivity contribution >= 4 is 53.1 Å². The molecule has 2 aromatic rings. The van der Waals surface area contributed by atoms with Crippen molar-refractivity contribution in [2.24, 2.45) is 4.99 Å². The lowest BCUT2D eigenvalue weighted by atomic mass is 10.1. The van der Waals surface area contributed by atoms with Crippen molar-refractivity contribution in [3.8, 4) is 0 Å². The maximum atomic E-state index is 12.1. The third-order valence-electron chi connectivity index (χ3n) is 4.99. The molecule has 1 amide bonds. The minimum Gasteiger partial charge on any atom is -0.369 e. The summed E-state index contributed by atoms with van der Waals surface area (Å²) in [6, 6.07) is 15.9. The van der Waals surface area contributed by atoms with Crippen LogP contribution in [0.4, 0.5) is 5.69 Å². The predicted molar refractivity (Wildman–Crippen MR) is 140 cm³/mol. The first-order valence-electron chi connectivity index (χ1n) is 10.5. The molecule has 2 aromatic carbocycles. The zero-order valence-electron chi connectivity index (χ0n) is 18.0. The van der Waals surface area contributed by atoms with Crippen molar-refractivity contribution in [1.82, 2.24) is 16.0 Å². The van der Waals surface area contributed by atoms with Gasteiger partial charge >= 0.3 is 0 Å². The third kappa shape index (κ3) is 7.57. The molecule has 0 aliphatic carbocycles. The number of carbonyl (C=O) groups is 1. The molecule has 31 heavy (non-hydrogen) atoms. The molecule has 0 spiro atoms. The highest BCUT2D eigenvalue weighted by Gasteiger charge is 2.23. The summed E-state index contributed by atoms with van der Waals surface area (Å²) in [5.41, 5.74) is 2.81. The smallest absolute Gasteiger partial charge is 0.251 e. The second-order valence-corrected chi connectivity index (χ2v) is 7.75. The van der Waals surface area contributed by atoms with Crippen molar-refractivity contribution in [3.05, 3.63) is 64.7 Å². The van der Waals surface area contributed by atoms with Gasteiger partial charge in [-0.15, -0.1) is 24.0 Å². The van der Waals surface area contributed by atoms with E-state index < -0.39 is 0 Å². The Morgan fingerprint density at radius 1 is 1.13 bits per heavy atom. The lowest BCUT2D eigenvalue weighted by Crippen LogP contribution is -2.44. The van der Waals surface area contributed by atoms with Gasteiger partial charge in [-0.1, -0.05) is 29.8 Å². The average molecular weight is 556 g/mol. The molecule has 1 heterocycles. The van der Waals surface area contributed by atoms with E-state index in [1.807, 2.05) is 49.4 Å². The van der Waals surface area contributed by atoms with Gasteiger partial charge < -0.3 is 20.9 Å². The Bertz CT molecular complexity index is 892. The molecule has 8 heteroatoms. The largest absolute Gasteiger partial charge is 0.369 e. The van der Waals surface area contributed by atoms with E-state index in [0.29, 0.717) is 24.7 Å². The molecule has 0 aromatic heterocycles. The van der Waals surface area contributed by atoms with E-state index in [1.54, 1.807) is 0 Å². The van der Waals surface area contributed by atoms with Crippen molar-refractivity contribution in [1.29, 1.82) is 0 Å². The van der Waals surface area contributed by atoms with E-state index in [4.69, 9.17) is 16.6 Å². The number of hydrogen-bond acceptors (Lipinski definition) is 3. The quantitative estimate of drug-likeness (QED) is 0.274. The molecule has 1 aliphatic heterocycles. The molecule has 1 fully saturated rings. The fourth-order valence-corrected chi connectivity index (χ4v) is 3.73. The van der Waals surface area contributed by atoms with E-state index in [1.165, 1.54) is 0 Å². The number of amides is 1. The summed E-state index contributed by atoms with van der Waals surface area (Å²) >= 11 is 6.14. The van der Waals surface area contributed by atoms with Crippen LogP contribution < -0.4 is 20.9 Å². The van der Waals surface area contributed by atoms with Crippen molar-refractivity contribution in [2.45, 2.75) is 32.9 Å². The number of nitrogens with one attached hydrogen (secondary N) is 3. The molecule has 1 saturated heterocycles. The van der Waals surface area contributed by atoms with Gasteiger partial charge in [-0.25, -0.2) is 4.99 Å². The number of hydrogen-bond donors (Lipinski definition) is 3. The second-order valence-electron chi connectivity index (χ2n) is 7.31. The first-order valence-corrected chi connectivity index (χ1v) is 10.9. The first kappa shape index (κ1) is 25.3. The van der Waals surface area contributed by atoms with E-state index >= 15 is 0 Å². The molecule has 168 valence electrons. The number of aliphatic imine (C=N–C) groups is 1. The zero-order valence-corrected chi connectivity index (χ0v) is 21.1. The minimum atomic E-state index is -0.0552. The van der Waals surface area contributed by atoms with Gasteiger partial charge in [0.05, 0.1) is 6.54 Å². The highest BCUT2D eigenvalue weighted by molar-refractivity contribution is 14.0. The molecular weight excluding hydrogens is 525 g/mol. The molecule has 1 atom stereocenters. The van der Waals surface area contributed by atoms with Crippen molar-refractivity contribution in [2.75, 3.05) is 31.1 Å². The van der Waals surface area contributed by atoms with Gasteiger partial charge in [0.25, 0.3) is 5.91 Å². The van der Waals surface area contributed by atoms with Crippen LogP contribution >= 0.6 is 35.6 Å². The molecule has 1 unspecified atom stereocenters. The molecule has 6 nitrogen and oxygen atoms in total. The van der Waals surface area contributed by atoms with Crippen LogP contribution in [-0.4, -0.2) is 44.1 Å². The van der Waals surface area contributed by atoms with Gasteiger partial charge in [0.15, 0.2) is 5.96 Å². The molecule has 0 bridgehead atoms. The molecule has 0 radical (unpaired) electrons. The van der Waals surface area contributed by atoms with Gasteiger partial charge in [0.2, 0.25) is 0 Å². The molecular formula is C23H31ClIN5O. The molecule has 3 N–H and O–H groups in total. The van der Waals surface area contributed by atoms with Gasteiger partial charge in [-0.2, -0.15) is 0 Å². The highest BCUT2D eigenvalue weighted by atomic mass is 127.